The summed E-state index contributed by atoms with van der Waals surface area (Å²) < 4.78 is 5.35. The molecule has 0 aromatic heterocycles. The number of nitrogens with zero attached hydrogens (tertiary/aromatic N) is 2. The molecule has 3 amide bonds. The molecule has 0 radical (unpaired) electrons. The lowest BCUT2D eigenvalue weighted by Crippen LogP contribution is -2.49. The van der Waals surface area contributed by atoms with Crippen molar-refractivity contribution in [2.75, 3.05) is 18.5 Å². The van der Waals surface area contributed by atoms with E-state index in [4.69, 9.17) is 17.0 Å². The Kier molecular flexibility index (Phi) is 6.51. The van der Waals surface area contributed by atoms with Gasteiger partial charge in [-0.15, -0.1) is 0 Å². The SMILES string of the molecule is CCOc1ccc(NC(=O)CC2C(=O)N(CC)C(=S)N2NC(C)=O)cc1. The van der Waals surface area contributed by atoms with E-state index in [2.05, 4.69) is 10.7 Å². The number of hydrogen-bond acceptors (Lipinski definition) is 5. The molecule has 1 atom stereocenters. The molecule has 2 N–H and O–H groups in total. The van der Waals surface area contributed by atoms with E-state index in [0.29, 0.717) is 24.6 Å². The molecule has 0 spiro atoms. The van der Waals surface area contributed by atoms with Gasteiger partial charge in [-0.3, -0.25) is 24.7 Å². The number of anilines is 1. The number of amides is 3. The van der Waals surface area contributed by atoms with Gasteiger partial charge >= 0.3 is 0 Å². The summed E-state index contributed by atoms with van der Waals surface area (Å²) in [6, 6.07) is 6.06. The molecular weight excluding hydrogens is 356 g/mol. The van der Waals surface area contributed by atoms with Crippen LogP contribution in [0, 0.1) is 0 Å². The third kappa shape index (κ3) is 4.48. The normalized spacial score (nSPS) is 16.7. The summed E-state index contributed by atoms with van der Waals surface area (Å²) in [7, 11) is 0. The fraction of sp³-hybridized carbons (Fsp3) is 0.412. The topological polar surface area (TPSA) is 91.0 Å². The van der Waals surface area contributed by atoms with Crippen molar-refractivity contribution < 1.29 is 19.1 Å². The summed E-state index contributed by atoms with van der Waals surface area (Å²) in [5.74, 6) is -0.330. The fourth-order valence-corrected chi connectivity index (χ4v) is 2.99. The number of hydrazine groups is 1. The lowest BCUT2D eigenvalue weighted by atomic mass is 10.2. The Morgan fingerprint density at radius 3 is 2.42 bits per heavy atom. The molecule has 1 aromatic carbocycles. The van der Waals surface area contributed by atoms with Gasteiger partial charge in [0.25, 0.3) is 5.91 Å². The molecule has 1 aliphatic rings. The van der Waals surface area contributed by atoms with Crippen molar-refractivity contribution in [1.82, 2.24) is 15.3 Å². The van der Waals surface area contributed by atoms with Gasteiger partial charge in [-0.25, -0.2) is 5.01 Å². The zero-order chi connectivity index (χ0) is 19.3. The van der Waals surface area contributed by atoms with Gasteiger partial charge in [0.05, 0.1) is 13.0 Å². The minimum atomic E-state index is -0.867. The van der Waals surface area contributed by atoms with Crippen molar-refractivity contribution in [2.24, 2.45) is 0 Å². The Labute approximate surface area is 157 Å². The first-order valence-electron chi connectivity index (χ1n) is 8.31. The number of rotatable bonds is 7. The highest BCUT2D eigenvalue weighted by molar-refractivity contribution is 7.80. The first-order valence-corrected chi connectivity index (χ1v) is 8.72. The zero-order valence-electron chi connectivity index (χ0n) is 14.9. The maximum atomic E-state index is 12.5. The fourth-order valence-electron chi connectivity index (χ4n) is 2.60. The van der Waals surface area contributed by atoms with Crippen LogP contribution in [-0.4, -0.2) is 51.9 Å². The minimum absolute atomic E-state index is 0.136. The molecule has 0 aliphatic carbocycles. The Bertz CT molecular complexity index is 707. The number of likely N-dealkylation sites (N-methyl/N-ethyl adjacent to an activating group) is 1. The lowest BCUT2D eigenvalue weighted by molar-refractivity contribution is -0.132. The van der Waals surface area contributed by atoms with Crippen LogP contribution in [0.2, 0.25) is 0 Å². The molecule has 1 aromatic rings. The second kappa shape index (κ2) is 8.61. The molecule has 1 heterocycles. The van der Waals surface area contributed by atoms with Crippen LogP contribution in [0.1, 0.15) is 27.2 Å². The van der Waals surface area contributed by atoms with E-state index in [1.54, 1.807) is 31.2 Å². The molecular formula is C17H22N4O4S. The molecule has 9 heteroatoms. The van der Waals surface area contributed by atoms with E-state index in [1.165, 1.54) is 16.8 Å². The van der Waals surface area contributed by atoms with E-state index >= 15 is 0 Å². The quantitative estimate of drug-likeness (QED) is 0.695. The zero-order valence-corrected chi connectivity index (χ0v) is 15.8. The lowest BCUT2D eigenvalue weighted by Gasteiger charge is -2.23. The van der Waals surface area contributed by atoms with Gasteiger partial charge in [0.15, 0.2) is 5.11 Å². The van der Waals surface area contributed by atoms with Crippen molar-refractivity contribution in [2.45, 2.75) is 33.2 Å². The Balaban J connectivity index is 2.06. The van der Waals surface area contributed by atoms with Gasteiger partial charge < -0.3 is 10.1 Å². The van der Waals surface area contributed by atoms with Gasteiger partial charge in [-0.05, 0) is 50.3 Å². The highest BCUT2D eigenvalue weighted by atomic mass is 32.1. The van der Waals surface area contributed by atoms with Crippen LogP contribution in [0.15, 0.2) is 24.3 Å². The predicted octanol–water partition coefficient (Wildman–Crippen LogP) is 1.28. The van der Waals surface area contributed by atoms with Crippen LogP contribution in [-0.2, 0) is 14.4 Å². The van der Waals surface area contributed by atoms with Crippen LogP contribution >= 0.6 is 12.2 Å². The highest BCUT2D eigenvalue weighted by Crippen LogP contribution is 2.20. The number of nitrogens with one attached hydrogen (secondary N) is 2. The molecule has 1 saturated heterocycles. The molecule has 8 nitrogen and oxygen atoms in total. The Morgan fingerprint density at radius 2 is 1.88 bits per heavy atom. The summed E-state index contributed by atoms with van der Waals surface area (Å²) in [6.07, 6.45) is -0.136. The second-order valence-electron chi connectivity index (χ2n) is 5.63. The largest absolute Gasteiger partial charge is 0.494 e. The van der Waals surface area contributed by atoms with Crippen molar-refractivity contribution in [3.8, 4) is 5.75 Å². The standard InChI is InChI=1S/C17H22N4O4S/c1-4-20-16(24)14(21(17(20)26)19-11(3)22)10-15(23)18-12-6-8-13(9-7-12)25-5-2/h6-9,14H,4-5,10H2,1-3H3,(H,18,23)(H,19,22). The third-order valence-electron chi connectivity index (χ3n) is 3.72. The van der Waals surface area contributed by atoms with Crippen molar-refractivity contribution in [3.05, 3.63) is 24.3 Å². The summed E-state index contributed by atoms with van der Waals surface area (Å²) in [4.78, 5) is 37.6. The first kappa shape index (κ1) is 19.6. The van der Waals surface area contributed by atoms with Crippen molar-refractivity contribution >= 4 is 40.7 Å². The minimum Gasteiger partial charge on any atom is -0.494 e. The molecule has 0 saturated carbocycles. The second-order valence-corrected chi connectivity index (χ2v) is 5.99. The number of benzene rings is 1. The summed E-state index contributed by atoms with van der Waals surface area (Å²) in [5, 5.41) is 4.20. The van der Waals surface area contributed by atoms with Gasteiger partial charge in [-0.1, -0.05) is 0 Å². The molecule has 1 fully saturated rings. The van der Waals surface area contributed by atoms with Gasteiger partial charge in [0, 0.05) is 19.2 Å². The number of carbonyl (C=O) groups is 3. The van der Waals surface area contributed by atoms with Crippen LogP contribution in [0.4, 0.5) is 5.69 Å². The van der Waals surface area contributed by atoms with Crippen LogP contribution < -0.4 is 15.5 Å². The average molecular weight is 378 g/mol. The van der Waals surface area contributed by atoms with E-state index in [9.17, 15) is 14.4 Å². The predicted molar refractivity (Wildman–Crippen MR) is 100 cm³/mol. The van der Waals surface area contributed by atoms with Crippen LogP contribution in [0.5, 0.6) is 5.75 Å². The van der Waals surface area contributed by atoms with Crippen molar-refractivity contribution in [3.63, 3.8) is 0 Å². The van der Waals surface area contributed by atoms with E-state index in [0.717, 1.165) is 0 Å². The molecule has 1 aliphatic heterocycles. The summed E-state index contributed by atoms with van der Waals surface area (Å²) >= 11 is 5.23. The van der Waals surface area contributed by atoms with Crippen molar-refractivity contribution in [1.29, 1.82) is 0 Å². The number of thiocarbonyl (C=S) groups is 1. The van der Waals surface area contributed by atoms with E-state index in [1.807, 2.05) is 6.92 Å². The average Bonchev–Trinajstić information content (AvgIpc) is 2.80. The van der Waals surface area contributed by atoms with Gasteiger partial charge in [0.2, 0.25) is 11.8 Å². The van der Waals surface area contributed by atoms with E-state index in [-0.39, 0.29) is 29.3 Å². The summed E-state index contributed by atoms with van der Waals surface area (Å²) in [6.45, 7) is 5.91. The Hall–Kier alpha value is -2.68. The molecule has 26 heavy (non-hydrogen) atoms. The van der Waals surface area contributed by atoms with Gasteiger partial charge in [0.1, 0.15) is 11.8 Å². The summed E-state index contributed by atoms with van der Waals surface area (Å²) in [5.41, 5.74) is 3.11. The Morgan fingerprint density at radius 1 is 1.23 bits per heavy atom. The van der Waals surface area contributed by atoms with E-state index < -0.39 is 6.04 Å². The smallest absolute Gasteiger partial charge is 0.254 e. The van der Waals surface area contributed by atoms with Crippen LogP contribution in [0.25, 0.3) is 0 Å². The molecule has 1 unspecified atom stereocenters. The molecule has 0 bridgehead atoms. The maximum absolute atomic E-state index is 12.5. The molecule has 2 rings (SSSR count). The highest BCUT2D eigenvalue weighted by Gasteiger charge is 2.43. The molecule has 140 valence electrons. The third-order valence-corrected chi connectivity index (χ3v) is 4.14. The van der Waals surface area contributed by atoms with Crippen LogP contribution in [0.3, 0.4) is 0 Å². The number of ether oxygens (including phenoxy) is 1. The van der Waals surface area contributed by atoms with Gasteiger partial charge in [-0.2, -0.15) is 0 Å². The number of hydrogen-bond donors (Lipinski definition) is 2. The first-order chi connectivity index (χ1) is 12.4. The maximum Gasteiger partial charge on any atom is 0.254 e. The number of carbonyl (C=O) groups excluding carboxylic acids is 3. The monoisotopic (exact) mass is 378 g/mol.